The molecule has 1 heterocycles. The van der Waals surface area contributed by atoms with Crippen LogP contribution in [0.3, 0.4) is 0 Å². The van der Waals surface area contributed by atoms with E-state index in [1.165, 1.54) is 32.1 Å². The first-order chi connectivity index (χ1) is 11.8. The summed E-state index contributed by atoms with van der Waals surface area (Å²) in [7, 11) is 0. The zero-order valence-electron chi connectivity index (χ0n) is 15.9. The third kappa shape index (κ3) is 1.93. The number of aliphatic hydroxyl groups is 2. The normalized spacial score (nSPS) is 62.5. The van der Waals surface area contributed by atoms with E-state index in [1.54, 1.807) is 0 Å². The third-order valence-electron chi connectivity index (χ3n) is 9.97. The molecule has 4 fully saturated rings. The van der Waals surface area contributed by atoms with Crippen LogP contribution in [0.25, 0.3) is 0 Å². The Morgan fingerprint density at radius 3 is 2.68 bits per heavy atom. The van der Waals surface area contributed by atoms with E-state index in [0.717, 1.165) is 24.7 Å². The lowest BCUT2D eigenvalue weighted by molar-refractivity contribution is -0.162. The molecular weight excluding hydrogens is 312 g/mol. The van der Waals surface area contributed by atoms with E-state index in [1.807, 2.05) is 6.92 Å². The molecule has 0 saturated heterocycles. The van der Waals surface area contributed by atoms with Crippen molar-refractivity contribution in [2.75, 3.05) is 0 Å². The summed E-state index contributed by atoms with van der Waals surface area (Å²) in [6, 6.07) is 0.567. The highest BCUT2D eigenvalue weighted by atomic mass is 16.3. The fraction of sp³-hybridized carbons (Fsp3) is 0.952. The Kier molecular flexibility index (Phi) is 3.32. The molecule has 0 amide bonds. The molecule has 0 bridgehead atoms. The van der Waals surface area contributed by atoms with Crippen molar-refractivity contribution in [1.82, 2.24) is 5.43 Å². The van der Waals surface area contributed by atoms with Gasteiger partial charge < -0.3 is 15.6 Å². The molecule has 0 unspecified atom stereocenters. The zero-order valence-corrected chi connectivity index (χ0v) is 15.9. The van der Waals surface area contributed by atoms with Crippen molar-refractivity contribution in [3.63, 3.8) is 0 Å². The second-order valence-electron chi connectivity index (χ2n) is 10.6. The topological polar surface area (TPSA) is 64.9 Å². The summed E-state index contributed by atoms with van der Waals surface area (Å²) in [6.45, 7) is 6.70. The highest BCUT2D eigenvalue weighted by Crippen LogP contribution is 2.68. The summed E-state index contributed by atoms with van der Waals surface area (Å²) in [4.78, 5) is 0. The van der Waals surface area contributed by atoms with Crippen molar-refractivity contribution < 1.29 is 10.2 Å². The van der Waals surface area contributed by atoms with Crippen molar-refractivity contribution in [2.45, 2.75) is 83.5 Å². The molecular formula is C21H34N2O2. The molecule has 0 aromatic heterocycles. The van der Waals surface area contributed by atoms with Gasteiger partial charge in [0.25, 0.3) is 0 Å². The predicted molar refractivity (Wildman–Crippen MR) is 98.0 cm³/mol. The highest BCUT2D eigenvalue weighted by molar-refractivity contribution is 5.64. The molecule has 4 nitrogen and oxygen atoms in total. The minimum absolute atomic E-state index is 0.121. The van der Waals surface area contributed by atoms with Gasteiger partial charge in [-0.25, -0.2) is 0 Å². The van der Waals surface area contributed by atoms with Crippen LogP contribution in [0.5, 0.6) is 0 Å². The second-order valence-corrected chi connectivity index (χ2v) is 10.6. The van der Waals surface area contributed by atoms with Crippen molar-refractivity contribution in [2.24, 2.45) is 45.5 Å². The molecule has 0 aromatic carbocycles. The van der Waals surface area contributed by atoms with Gasteiger partial charge in [0, 0.05) is 17.5 Å². The lowest BCUT2D eigenvalue weighted by Crippen LogP contribution is -2.58. The summed E-state index contributed by atoms with van der Waals surface area (Å²) < 4.78 is 0. The first-order valence-electron chi connectivity index (χ1n) is 10.5. The number of fused-ring (bicyclic) bond motifs is 6. The largest absolute Gasteiger partial charge is 0.390 e. The molecule has 0 aromatic rings. The number of hydrazone groups is 1. The van der Waals surface area contributed by atoms with Crippen LogP contribution in [0.4, 0.5) is 0 Å². The zero-order chi connectivity index (χ0) is 17.6. The first-order valence-corrected chi connectivity index (χ1v) is 10.5. The SMILES string of the molecule is C[C@]12C[C@H]3C=NN[C@@H]3C[C@@H]1CC[C@@H]1[C@@H]2CC[C@@]2(C)[C@H]1C[C@H](O)[C@]2(C)O. The van der Waals surface area contributed by atoms with Gasteiger partial charge in [-0.2, -0.15) is 5.10 Å². The Morgan fingerprint density at radius 1 is 1.08 bits per heavy atom. The van der Waals surface area contributed by atoms with Crippen molar-refractivity contribution in [1.29, 1.82) is 0 Å². The molecule has 4 aliphatic carbocycles. The Bertz CT molecular complexity index is 605. The molecule has 140 valence electrons. The minimum atomic E-state index is -0.930. The standard InChI is InChI=1S/C21H34N2O2/c1-19-10-12-11-22-23-17(12)8-13(19)4-5-14-15(19)6-7-20(2)16(14)9-18(24)21(20,3)25/h11-18,23-25H,4-10H2,1-3H3/t12-,13-,14+,15-,16-,17+,18-,19-,20-,21-/m0/s1. The van der Waals surface area contributed by atoms with Crippen molar-refractivity contribution in [3.05, 3.63) is 0 Å². The summed E-state index contributed by atoms with van der Waals surface area (Å²) >= 11 is 0. The number of rotatable bonds is 0. The van der Waals surface area contributed by atoms with Crippen LogP contribution in [0.1, 0.15) is 65.7 Å². The fourth-order valence-electron chi connectivity index (χ4n) is 8.15. The molecule has 0 spiro atoms. The van der Waals surface area contributed by atoms with Gasteiger partial charge in [0.2, 0.25) is 0 Å². The van der Waals surface area contributed by atoms with Gasteiger partial charge in [-0.15, -0.1) is 0 Å². The van der Waals surface area contributed by atoms with E-state index in [4.69, 9.17) is 0 Å². The van der Waals surface area contributed by atoms with Gasteiger partial charge in [0.05, 0.1) is 17.7 Å². The molecule has 5 aliphatic rings. The van der Waals surface area contributed by atoms with Crippen LogP contribution >= 0.6 is 0 Å². The maximum Gasteiger partial charge on any atom is 0.0933 e. The van der Waals surface area contributed by atoms with E-state index in [9.17, 15) is 10.2 Å². The van der Waals surface area contributed by atoms with Crippen LogP contribution in [0.2, 0.25) is 0 Å². The Balaban J connectivity index is 1.47. The average molecular weight is 347 g/mol. The Morgan fingerprint density at radius 2 is 1.88 bits per heavy atom. The third-order valence-corrected chi connectivity index (χ3v) is 9.97. The molecule has 10 atom stereocenters. The van der Waals surface area contributed by atoms with Crippen LogP contribution in [-0.4, -0.2) is 34.2 Å². The molecule has 4 saturated carbocycles. The van der Waals surface area contributed by atoms with Gasteiger partial charge >= 0.3 is 0 Å². The predicted octanol–water partition coefficient (Wildman–Crippen LogP) is 2.93. The second kappa shape index (κ2) is 5.01. The van der Waals surface area contributed by atoms with E-state index in [0.29, 0.717) is 29.2 Å². The quantitative estimate of drug-likeness (QED) is 0.632. The number of hydrogen-bond donors (Lipinski definition) is 3. The van der Waals surface area contributed by atoms with Gasteiger partial charge in [-0.1, -0.05) is 13.8 Å². The van der Waals surface area contributed by atoms with E-state index in [-0.39, 0.29) is 5.41 Å². The lowest BCUT2D eigenvalue weighted by Gasteiger charge is -2.62. The lowest BCUT2D eigenvalue weighted by atomic mass is 9.43. The summed E-state index contributed by atoms with van der Waals surface area (Å²) in [5.41, 5.74) is 2.70. The van der Waals surface area contributed by atoms with Gasteiger partial charge in [0.15, 0.2) is 0 Å². The van der Waals surface area contributed by atoms with E-state index >= 15 is 0 Å². The molecule has 5 rings (SSSR count). The van der Waals surface area contributed by atoms with Gasteiger partial charge in [-0.05, 0) is 81.0 Å². The molecule has 25 heavy (non-hydrogen) atoms. The van der Waals surface area contributed by atoms with Crippen molar-refractivity contribution in [3.8, 4) is 0 Å². The average Bonchev–Trinajstić information content (AvgIpc) is 3.07. The number of nitrogens with one attached hydrogen (secondary N) is 1. The van der Waals surface area contributed by atoms with Crippen molar-refractivity contribution >= 4 is 6.21 Å². The Labute approximate surface area is 151 Å². The Hall–Kier alpha value is -0.610. The monoisotopic (exact) mass is 346 g/mol. The van der Waals surface area contributed by atoms with Crippen LogP contribution in [-0.2, 0) is 0 Å². The summed E-state index contributed by atoms with van der Waals surface area (Å²) in [6.07, 6.45) is 9.80. The van der Waals surface area contributed by atoms with Crippen LogP contribution < -0.4 is 5.43 Å². The minimum Gasteiger partial charge on any atom is -0.390 e. The van der Waals surface area contributed by atoms with E-state index in [2.05, 4.69) is 30.6 Å². The summed E-state index contributed by atoms with van der Waals surface area (Å²) in [5, 5.41) is 26.0. The van der Waals surface area contributed by atoms with E-state index < -0.39 is 11.7 Å². The smallest absolute Gasteiger partial charge is 0.0933 e. The number of aliphatic hydroxyl groups excluding tert-OH is 1. The molecule has 1 aliphatic heterocycles. The van der Waals surface area contributed by atoms with Gasteiger partial charge in [-0.3, -0.25) is 0 Å². The number of nitrogens with zero attached hydrogens (tertiary/aromatic N) is 1. The van der Waals surface area contributed by atoms with Crippen LogP contribution in [0, 0.1) is 40.4 Å². The molecule has 3 N–H and O–H groups in total. The highest BCUT2D eigenvalue weighted by Gasteiger charge is 2.66. The van der Waals surface area contributed by atoms with Crippen LogP contribution in [0.15, 0.2) is 5.10 Å². The van der Waals surface area contributed by atoms with Gasteiger partial charge in [0.1, 0.15) is 0 Å². The summed E-state index contributed by atoms with van der Waals surface area (Å²) in [5.74, 6) is 3.31. The maximum absolute atomic E-state index is 11.1. The fourth-order valence-corrected chi connectivity index (χ4v) is 8.15. The first kappa shape index (κ1) is 16.6. The molecule has 0 radical (unpaired) electrons. The maximum atomic E-state index is 11.1. The molecule has 4 heteroatoms. The number of hydrogen-bond acceptors (Lipinski definition) is 4.